The molecule has 0 atom stereocenters. The minimum Gasteiger partial charge on any atom is -0.300 e. The van der Waals surface area contributed by atoms with Crippen LogP contribution in [0.5, 0.6) is 0 Å². The molecule has 0 saturated carbocycles. The van der Waals surface area contributed by atoms with Gasteiger partial charge in [-0.15, -0.1) is 0 Å². The molecule has 50 valence electrons. The Kier molecular flexibility index (Phi) is 5.12. The molecule has 1 heterocycles. The van der Waals surface area contributed by atoms with Crippen molar-refractivity contribution in [3.05, 3.63) is 22.9 Å². The summed E-state index contributed by atoms with van der Waals surface area (Å²) < 4.78 is 0. The molecule has 0 bridgehead atoms. The summed E-state index contributed by atoms with van der Waals surface area (Å²) in [5.74, 6) is 0.167. The van der Waals surface area contributed by atoms with Crippen molar-refractivity contribution in [2.45, 2.75) is 13.8 Å². The zero-order valence-electron chi connectivity index (χ0n) is 5.63. The zero-order valence-corrected chi connectivity index (χ0v) is 6.44. The molecule has 9 heavy (non-hydrogen) atoms. The first-order valence-corrected chi connectivity index (χ1v) is 3.62. The highest BCUT2D eigenvalue weighted by Crippen LogP contribution is 1.91. The van der Waals surface area contributed by atoms with Crippen LogP contribution in [0.4, 0.5) is 0 Å². The molecular formula is C7H10OS. The molecule has 0 unspecified atom stereocenters. The van der Waals surface area contributed by atoms with Gasteiger partial charge in [-0.3, -0.25) is 0 Å². The van der Waals surface area contributed by atoms with Crippen LogP contribution in [0.25, 0.3) is 0 Å². The van der Waals surface area contributed by atoms with Crippen molar-refractivity contribution in [2.75, 3.05) is 0 Å². The quantitative estimate of drug-likeness (QED) is 0.543. The van der Waals surface area contributed by atoms with Crippen molar-refractivity contribution < 1.29 is 4.79 Å². The highest BCUT2D eigenvalue weighted by molar-refractivity contribution is 7.07. The molecule has 0 saturated heterocycles. The van der Waals surface area contributed by atoms with Crippen LogP contribution in [0, 0.1) is 0 Å². The third kappa shape index (κ3) is 11.1. The molecular weight excluding hydrogens is 132 g/mol. The molecule has 1 aromatic rings. The topological polar surface area (TPSA) is 17.1 Å². The Balaban J connectivity index is 0.000000148. The number of hydrogen-bond acceptors (Lipinski definition) is 2. The molecule has 0 aliphatic carbocycles. The smallest absolute Gasteiger partial charge is 0.126 e. The molecule has 0 N–H and O–H groups in total. The van der Waals surface area contributed by atoms with E-state index in [2.05, 4.69) is 0 Å². The van der Waals surface area contributed by atoms with Gasteiger partial charge in [-0.1, -0.05) is 12.1 Å². The highest BCUT2D eigenvalue weighted by Gasteiger charge is 1.62. The van der Waals surface area contributed by atoms with Gasteiger partial charge in [-0.2, -0.15) is 11.3 Å². The zero-order chi connectivity index (χ0) is 7.11. The lowest BCUT2D eigenvalue weighted by atomic mass is 10.6. The van der Waals surface area contributed by atoms with Crippen LogP contribution < -0.4 is 0 Å². The molecule has 0 radical (unpaired) electrons. The number of Topliss-reactive ketones (excluding diaryl/α,β-unsaturated/α-hetero) is 1. The van der Waals surface area contributed by atoms with Crippen LogP contribution in [0.1, 0.15) is 13.8 Å². The lowest BCUT2D eigenvalue weighted by molar-refractivity contribution is -0.114. The SMILES string of the molecule is CC(C)=O.c1ccsc1. The highest BCUT2D eigenvalue weighted by atomic mass is 32.1. The molecule has 0 aliphatic heterocycles. The van der Waals surface area contributed by atoms with Crippen LogP contribution in [-0.4, -0.2) is 5.78 Å². The minimum absolute atomic E-state index is 0.167. The summed E-state index contributed by atoms with van der Waals surface area (Å²) in [6.45, 7) is 3.06. The molecule has 0 fully saturated rings. The van der Waals surface area contributed by atoms with Crippen LogP contribution >= 0.6 is 11.3 Å². The number of rotatable bonds is 0. The van der Waals surface area contributed by atoms with Gasteiger partial charge in [0.05, 0.1) is 0 Å². The van der Waals surface area contributed by atoms with E-state index >= 15 is 0 Å². The van der Waals surface area contributed by atoms with E-state index in [1.54, 1.807) is 11.3 Å². The molecule has 0 spiro atoms. The maximum atomic E-state index is 9.44. The van der Waals surface area contributed by atoms with E-state index in [1.165, 1.54) is 13.8 Å². The third-order valence-electron chi connectivity index (χ3n) is 0.425. The Morgan fingerprint density at radius 3 is 1.67 bits per heavy atom. The van der Waals surface area contributed by atoms with Gasteiger partial charge in [0.2, 0.25) is 0 Å². The lowest BCUT2D eigenvalue weighted by Gasteiger charge is -1.56. The van der Waals surface area contributed by atoms with E-state index in [-0.39, 0.29) is 5.78 Å². The summed E-state index contributed by atoms with van der Waals surface area (Å²) in [6.07, 6.45) is 0. The van der Waals surface area contributed by atoms with Gasteiger partial charge in [0.15, 0.2) is 0 Å². The first-order chi connectivity index (χ1) is 4.23. The summed E-state index contributed by atoms with van der Waals surface area (Å²) in [6, 6.07) is 4.04. The number of ketones is 1. The Morgan fingerprint density at radius 2 is 1.56 bits per heavy atom. The van der Waals surface area contributed by atoms with Gasteiger partial charge in [-0.05, 0) is 24.6 Å². The van der Waals surface area contributed by atoms with E-state index in [0.29, 0.717) is 0 Å². The van der Waals surface area contributed by atoms with Crippen LogP contribution in [0.3, 0.4) is 0 Å². The first-order valence-electron chi connectivity index (χ1n) is 2.68. The summed E-state index contributed by atoms with van der Waals surface area (Å²) in [4.78, 5) is 9.44. The maximum Gasteiger partial charge on any atom is 0.126 e. The Hall–Kier alpha value is -0.630. The van der Waals surface area contributed by atoms with Crippen molar-refractivity contribution in [2.24, 2.45) is 0 Å². The Labute approximate surface area is 59.3 Å². The van der Waals surface area contributed by atoms with Gasteiger partial charge in [0, 0.05) is 0 Å². The fourth-order valence-corrected chi connectivity index (χ4v) is 0.680. The van der Waals surface area contributed by atoms with E-state index in [4.69, 9.17) is 0 Å². The first kappa shape index (κ1) is 8.37. The van der Waals surface area contributed by atoms with Crippen LogP contribution in [-0.2, 0) is 4.79 Å². The minimum atomic E-state index is 0.167. The fourth-order valence-electron chi connectivity index (χ4n) is 0.227. The molecule has 1 rings (SSSR count). The maximum absolute atomic E-state index is 9.44. The van der Waals surface area contributed by atoms with Gasteiger partial charge in [-0.25, -0.2) is 0 Å². The normalized spacial score (nSPS) is 7.33. The van der Waals surface area contributed by atoms with Crippen molar-refractivity contribution in [1.29, 1.82) is 0 Å². The number of hydrogen-bond donors (Lipinski definition) is 0. The number of carbonyl (C=O) groups excluding carboxylic acids is 1. The lowest BCUT2D eigenvalue weighted by Crippen LogP contribution is -1.69. The Bertz CT molecular complexity index is 123. The number of carbonyl (C=O) groups is 1. The summed E-state index contributed by atoms with van der Waals surface area (Å²) >= 11 is 1.71. The predicted octanol–water partition coefficient (Wildman–Crippen LogP) is 2.34. The standard InChI is InChI=1S/C4H4S.C3H6O/c1-2-4-5-3-1;1-3(2)4/h1-4H;1-2H3. The van der Waals surface area contributed by atoms with Gasteiger partial charge < -0.3 is 4.79 Å². The molecule has 1 aromatic heterocycles. The second kappa shape index (κ2) is 5.51. The van der Waals surface area contributed by atoms with E-state index < -0.39 is 0 Å². The van der Waals surface area contributed by atoms with Crippen molar-refractivity contribution in [3.8, 4) is 0 Å². The average molecular weight is 142 g/mol. The molecule has 0 aliphatic rings. The van der Waals surface area contributed by atoms with E-state index in [1.807, 2.05) is 22.9 Å². The second-order valence-electron chi connectivity index (χ2n) is 1.70. The van der Waals surface area contributed by atoms with E-state index in [0.717, 1.165) is 0 Å². The second-order valence-corrected chi connectivity index (χ2v) is 2.52. The molecule has 0 amide bonds. The van der Waals surface area contributed by atoms with Gasteiger partial charge in [0.1, 0.15) is 5.78 Å². The molecule has 1 nitrogen and oxygen atoms in total. The van der Waals surface area contributed by atoms with Crippen molar-refractivity contribution in [1.82, 2.24) is 0 Å². The molecule has 2 heteroatoms. The largest absolute Gasteiger partial charge is 0.300 e. The van der Waals surface area contributed by atoms with Crippen molar-refractivity contribution >= 4 is 17.1 Å². The summed E-state index contributed by atoms with van der Waals surface area (Å²) in [5, 5.41) is 4.08. The monoisotopic (exact) mass is 142 g/mol. The molecule has 0 aromatic carbocycles. The fraction of sp³-hybridized carbons (Fsp3) is 0.286. The third-order valence-corrected chi connectivity index (χ3v) is 1.05. The van der Waals surface area contributed by atoms with Gasteiger partial charge >= 0.3 is 0 Å². The Morgan fingerprint density at radius 1 is 1.22 bits per heavy atom. The van der Waals surface area contributed by atoms with Crippen LogP contribution in [0.2, 0.25) is 0 Å². The summed E-state index contributed by atoms with van der Waals surface area (Å²) in [5.41, 5.74) is 0. The summed E-state index contributed by atoms with van der Waals surface area (Å²) in [7, 11) is 0. The number of thiophene rings is 1. The predicted molar refractivity (Wildman–Crippen MR) is 40.7 cm³/mol. The van der Waals surface area contributed by atoms with E-state index in [9.17, 15) is 4.79 Å². The van der Waals surface area contributed by atoms with Crippen LogP contribution in [0.15, 0.2) is 22.9 Å². The van der Waals surface area contributed by atoms with Gasteiger partial charge in [0.25, 0.3) is 0 Å². The van der Waals surface area contributed by atoms with Crippen molar-refractivity contribution in [3.63, 3.8) is 0 Å². The average Bonchev–Trinajstić information content (AvgIpc) is 2.11.